The summed E-state index contributed by atoms with van der Waals surface area (Å²) in [6, 6.07) is 4.33. The van der Waals surface area contributed by atoms with E-state index in [1.807, 2.05) is 18.4 Å². The Morgan fingerprint density at radius 2 is 2.21 bits per heavy atom. The third kappa shape index (κ3) is 4.00. The predicted octanol–water partition coefficient (Wildman–Crippen LogP) is 2.72. The van der Waals surface area contributed by atoms with Crippen molar-refractivity contribution in [3.8, 4) is 5.75 Å². The molecule has 9 heteroatoms. The normalized spacial score (nSPS) is 13.0. The van der Waals surface area contributed by atoms with Gasteiger partial charge in [-0.3, -0.25) is 4.79 Å². The van der Waals surface area contributed by atoms with E-state index in [1.54, 1.807) is 0 Å². The standard InChI is InChI=1S/C20H24N6O2S/c1-11(2)24-16(27)4-6-26-19-17(18(21)22-10-23-19)25-20(26)29-15-9-14-13(5-7-28-14)8-12(15)3/h8-11H,4-7H2,1-3H3,(H,24,27)(H2,21,22,23). The van der Waals surface area contributed by atoms with E-state index < -0.39 is 0 Å². The molecule has 0 spiro atoms. The van der Waals surface area contributed by atoms with Crippen LogP contribution in [-0.2, 0) is 17.8 Å². The van der Waals surface area contributed by atoms with E-state index in [0.29, 0.717) is 29.9 Å². The van der Waals surface area contributed by atoms with Gasteiger partial charge in [0.2, 0.25) is 5.91 Å². The van der Waals surface area contributed by atoms with Gasteiger partial charge in [-0.25, -0.2) is 15.0 Å². The van der Waals surface area contributed by atoms with Gasteiger partial charge in [-0.05, 0) is 38.0 Å². The second-order valence-electron chi connectivity index (χ2n) is 7.38. The van der Waals surface area contributed by atoms with Crippen LogP contribution in [0.1, 0.15) is 31.4 Å². The maximum absolute atomic E-state index is 12.2. The number of imidazole rings is 1. The van der Waals surface area contributed by atoms with Crippen molar-refractivity contribution in [3.63, 3.8) is 0 Å². The van der Waals surface area contributed by atoms with E-state index in [0.717, 1.165) is 34.4 Å². The van der Waals surface area contributed by atoms with Gasteiger partial charge in [-0.15, -0.1) is 0 Å². The highest BCUT2D eigenvalue weighted by Crippen LogP contribution is 2.37. The minimum atomic E-state index is -0.0121. The molecular formula is C20H24N6O2S. The number of anilines is 1. The van der Waals surface area contributed by atoms with Crippen LogP contribution in [0.5, 0.6) is 5.75 Å². The molecule has 1 aliphatic heterocycles. The van der Waals surface area contributed by atoms with Crippen molar-refractivity contribution in [2.24, 2.45) is 0 Å². The molecule has 29 heavy (non-hydrogen) atoms. The van der Waals surface area contributed by atoms with Crippen LogP contribution in [0.15, 0.2) is 28.5 Å². The summed E-state index contributed by atoms with van der Waals surface area (Å²) < 4.78 is 7.66. The Labute approximate surface area is 173 Å². The Morgan fingerprint density at radius 1 is 1.38 bits per heavy atom. The molecule has 1 amide bonds. The number of nitrogens with two attached hydrogens (primary N) is 1. The number of ether oxygens (including phenoxy) is 1. The summed E-state index contributed by atoms with van der Waals surface area (Å²) in [5.74, 6) is 1.24. The fraction of sp³-hybridized carbons (Fsp3) is 0.400. The number of nitrogens with one attached hydrogen (secondary N) is 1. The van der Waals surface area contributed by atoms with Gasteiger partial charge in [0, 0.05) is 30.3 Å². The van der Waals surface area contributed by atoms with Crippen LogP contribution in [-0.4, -0.2) is 38.1 Å². The molecule has 0 saturated carbocycles. The Balaban J connectivity index is 1.68. The van der Waals surface area contributed by atoms with Crippen molar-refractivity contribution < 1.29 is 9.53 Å². The molecule has 3 N–H and O–H groups in total. The predicted molar refractivity (Wildman–Crippen MR) is 112 cm³/mol. The van der Waals surface area contributed by atoms with Crippen LogP contribution in [0.4, 0.5) is 5.82 Å². The van der Waals surface area contributed by atoms with Gasteiger partial charge >= 0.3 is 0 Å². The van der Waals surface area contributed by atoms with Gasteiger partial charge in [0.25, 0.3) is 0 Å². The molecule has 0 bridgehead atoms. The molecule has 2 aromatic heterocycles. The fourth-order valence-corrected chi connectivity index (χ4v) is 4.37. The maximum Gasteiger partial charge on any atom is 0.221 e. The number of hydrogen-bond acceptors (Lipinski definition) is 7. The summed E-state index contributed by atoms with van der Waals surface area (Å²) in [5, 5.41) is 3.65. The molecule has 0 atom stereocenters. The monoisotopic (exact) mass is 412 g/mol. The van der Waals surface area contributed by atoms with Crippen molar-refractivity contribution >= 4 is 34.7 Å². The number of aromatic nitrogens is 4. The summed E-state index contributed by atoms with van der Waals surface area (Å²) in [6.07, 6.45) is 2.69. The number of nitrogens with zero attached hydrogens (tertiary/aromatic N) is 4. The maximum atomic E-state index is 12.2. The van der Waals surface area contributed by atoms with Gasteiger partial charge in [0.1, 0.15) is 12.1 Å². The molecule has 0 aliphatic carbocycles. The Hall–Kier alpha value is -2.81. The number of nitrogen functional groups attached to an aromatic ring is 1. The van der Waals surface area contributed by atoms with E-state index in [9.17, 15) is 4.79 Å². The summed E-state index contributed by atoms with van der Waals surface area (Å²) in [4.78, 5) is 26.3. The van der Waals surface area contributed by atoms with E-state index in [1.165, 1.54) is 23.7 Å². The van der Waals surface area contributed by atoms with Crippen molar-refractivity contribution in [1.29, 1.82) is 0 Å². The smallest absolute Gasteiger partial charge is 0.221 e. The third-order valence-corrected chi connectivity index (χ3v) is 5.88. The molecule has 0 saturated heterocycles. The van der Waals surface area contributed by atoms with Crippen LogP contribution in [0.3, 0.4) is 0 Å². The summed E-state index contributed by atoms with van der Waals surface area (Å²) in [5.41, 5.74) is 9.60. The first-order valence-electron chi connectivity index (χ1n) is 9.62. The summed E-state index contributed by atoms with van der Waals surface area (Å²) >= 11 is 1.52. The largest absolute Gasteiger partial charge is 0.493 e. The molecule has 0 radical (unpaired) electrons. The Bertz CT molecular complexity index is 1080. The van der Waals surface area contributed by atoms with Gasteiger partial charge in [0.15, 0.2) is 22.1 Å². The minimum Gasteiger partial charge on any atom is -0.493 e. The summed E-state index contributed by atoms with van der Waals surface area (Å²) in [6.45, 7) is 7.14. The fourth-order valence-electron chi connectivity index (χ4n) is 3.36. The Morgan fingerprint density at radius 3 is 3.00 bits per heavy atom. The van der Waals surface area contributed by atoms with Crippen molar-refractivity contribution in [2.45, 2.75) is 56.3 Å². The Kier molecular flexibility index (Phi) is 5.31. The molecule has 1 aliphatic rings. The number of benzene rings is 1. The lowest BCUT2D eigenvalue weighted by atomic mass is 10.1. The minimum absolute atomic E-state index is 0.0121. The number of rotatable bonds is 6. The molecule has 3 heterocycles. The van der Waals surface area contributed by atoms with Crippen LogP contribution in [0, 0.1) is 6.92 Å². The second kappa shape index (κ2) is 7.90. The zero-order chi connectivity index (χ0) is 20.5. The van der Waals surface area contributed by atoms with E-state index in [4.69, 9.17) is 10.5 Å². The second-order valence-corrected chi connectivity index (χ2v) is 8.38. The number of aryl methyl sites for hydroxylation is 2. The molecule has 0 fully saturated rings. The highest BCUT2D eigenvalue weighted by molar-refractivity contribution is 7.99. The first-order chi connectivity index (χ1) is 13.9. The highest BCUT2D eigenvalue weighted by atomic mass is 32.2. The van der Waals surface area contributed by atoms with Crippen LogP contribution < -0.4 is 15.8 Å². The number of hydrogen-bond donors (Lipinski definition) is 2. The van der Waals surface area contributed by atoms with Crippen molar-refractivity contribution in [3.05, 3.63) is 29.6 Å². The molecular weight excluding hydrogens is 388 g/mol. The average Bonchev–Trinajstić information content (AvgIpc) is 3.24. The van der Waals surface area contributed by atoms with Gasteiger partial charge in [-0.1, -0.05) is 17.8 Å². The lowest BCUT2D eigenvalue weighted by Gasteiger charge is -2.12. The van der Waals surface area contributed by atoms with Gasteiger partial charge in [-0.2, -0.15) is 0 Å². The number of amides is 1. The van der Waals surface area contributed by atoms with Crippen LogP contribution >= 0.6 is 11.8 Å². The average molecular weight is 413 g/mol. The summed E-state index contributed by atoms with van der Waals surface area (Å²) in [7, 11) is 0. The van der Waals surface area contributed by atoms with Crippen molar-refractivity contribution in [2.75, 3.05) is 12.3 Å². The van der Waals surface area contributed by atoms with Crippen molar-refractivity contribution in [1.82, 2.24) is 24.8 Å². The molecule has 3 aromatic rings. The first kappa shape index (κ1) is 19.5. The van der Waals surface area contributed by atoms with E-state index in [2.05, 4.69) is 39.3 Å². The molecule has 8 nitrogen and oxygen atoms in total. The third-order valence-electron chi connectivity index (χ3n) is 4.73. The zero-order valence-corrected chi connectivity index (χ0v) is 17.5. The molecule has 4 rings (SSSR count). The first-order valence-corrected chi connectivity index (χ1v) is 10.4. The van der Waals surface area contributed by atoms with Gasteiger partial charge in [0.05, 0.1) is 6.61 Å². The van der Waals surface area contributed by atoms with Gasteiger partial charge < -0.3 is 20.4 Å². The molecule has 152 valence electrons. The highest BCUT2D eigenvalue weighted by Gasteiger charge is 2.20. The lowest BCUT2D eigenvalue weighted by Crippen LogP contribution is -2.30. The molecule has 0 unspecified atom stereocenters. The lowest BCUT2D eigenvalue weighted by molar-refractivity contribution is -0.121. The SMILES string of the molecule is Cc1cc2c(cc1Sc1nc3c(N)ncnc3n1CCC(=O)NC(C)C)OCC2. The zero-order valence-electron chi connectivity index (χ0n) is 16.7. The van der Waals surface area contributed by atoms with E-state index >= 15 is 0 Å². The number of carbonyl (C=O) groups excluding carboxylic acids is 1. The quantitative estimate of drug-likeness (QED) is 0.641. The number of fused-ring (bicyclic) bond motifs is 2. The van der Waals surface area contributed by atoms with E-state index in [-0.39, 0.29) is 11.9 Å². The van der Waals surface area contributed by atoms with Crippen LogP contribution in [0.2, 0.25) is 0 Å². The van der Waals surface area contributed by atoms with Crippen LogP contribution in [0.25, 0.3) is 11.2 Å². The molecule has 1 aromatic carbocycles. The topological polar surface area (TPSA) is 108 Å². The number of carbonyl (C=O) groups is 1.